The number of amides is 2. The van der Waals surface area contributed by atoms with Crippen molar-refractivity contribution in [3.05, 3.63) is 76.3 Å². The highest BCUT2D eigenvalue weighted by Gasteiger charge is 2.12. The monoisotopic (exact) mass is 440 g/mol. The first-order valence-corrected chi connectivity index (χ1v) is 9.75. The van der Waals surface area contributed by atoms with Crippen LogP contribution in [0.5, 0.6) is 5.75 Å². The summed E-state index contributed by atoms with van der Waals surface area (Å²) in [5.41, 5.74) is 6.25. The number of carbonyl (C=O) groups excluding carboxylic acids is 2. The molecule has 0 atom stereocenters. The maximum atomic E-state index is 12.3. The lowest BCUT2D eigenvalue weighted by Crippen LogP contribution is -2.42. The molecule has 144 valence electrons. The standard InChI is InChI=1S/C22H21BrN2O3/c1-14(2)28-20-11-10-17(12-19(20)23)22(27)25-24-21(26)13-16-8-5-7-15-6-3-4-9-18(15)16/h3-12,14H,13H2,1-2H3,(H,24,26)(H,25,27). The predicted octanol–water partition coefficient (Wildman–Crippen LogP) is 4.39. The second-order valence-electron chi connectivity index (χ2n) is 6.63. The molecule has 3 aromatic rings. The minimum atomic E-state index is -0.400. The van der Waals surface area contributed by atoms with Gasteiger partial charge in [0, 0.05) is 5.56 Å². The Morgan fingerprint density at radius 3 is 2.50 bits per heavy atom. The quantitative estimate of drug-likeness (QED) is 0.577. The Morgan fingerprint density at radius 2 is 1.75 bits per heavy atom. The van der Waals surface area contributed by atoms with E-state index in [1.165, 1.54) is 0 Å². The maximum Gasteiger partial charge on any atom is 0.269 e. The molecule has 5 nitrogen and oxygen atoms in total. The van der Waals surface area contributed by atoms with Gasteiger partial charge in [0.25, 0.3) is 5.91 Å². The zero-order chi connectivity index (χ0) is 20.1. The van der Waals surface area contributed by atoms with E-state index in [4.69, 9.17) is 4.74 Å². The molecule has 0 saturated carbocycles. The van der Waals surface area contributed by atoms with Gasteiger partial charge in [-0.3, -0.25) is 20.4 Å². The molecule has 28 heavy (non-hydrogen) atoms. The number of nitrogens with one attached hydrogen (secondary N) is 2. The molecule has 0 fully saturated rings. The van der Waals surface area contributed by atoms with Gasteiger partial charge in [-0.05, 0) is 64.3 Å². The summed E-state index contributed by atoms with van der Waals surface area (Å²) < 4.78 is 6.31. The lowest BCUT2D eigenvalue weighted by atomic mass is 10.0. The summed E-state index contributed by atoms with van der Waals surface area (Å²) >= 11 is 3.40. The lowest BCUT2D eigenvalue weighted by molar-refractivity contribution is -0.121. The molecule has 6 heteroatoms. The van der Waals surface area contributed by atoms with Crippen molar-refractivity contribution in [2.75, 3.05) is 0 Å². The van der Waals surface area contributed by atoms with Gasteiger partial charge in [-0.2, -0.15) is 0 Å². The van der Waals surface area contributed by atoms with Crippen molar-refractivity contribution in [2.24, 2.45) is 0 Å². The van der Waals surface area contributed by atoms with Crippen LogP contribution in [0.4, 0.5) is 0 Å². The molecule has 0 radical (unpaired) electrons. The van der Waals surface area contributed by atoms with E-state index in [0.29, 0.717) is 15.8 Å². The summed E-state index contributed by atoms with van der Waals surface area (Å²) in [7, 11) is 0. The number of hydrogen-bond donors (Lipinski definition) is 2. The van der Waals surface area contributed by atoms with Crippen molar-refractivity contribution < 1.29 is 14.3 Å². The molecule has 0 aliphatic rings. The van der Waals surface area contributed by atoms with Crippen LogP contribution in [0.15, 0.2) is 65.1 Å². The molecular formula is C22H21BrN2O3. The summed E-state index contributed by atoms with van der Waals surface area (Å²) in [6, 6.07) is 18.7. The number of carbonyl (C=O) groups is 2. The molecule has 0 aliphatic carbocycles. The Bertz CT molecular complexity index is 1010. The van der Waals surface area contributed by atoms with Crippen LogP contribution in [0, 0.1) is 0 Å². The third kappa shape index (κ3) is 4.89. The molecule has 0 bridgehead atoms. The van der Waals surface area contributed by atoms with Crippen LogP contribution >= 0.6 is 15.9 Å². The van der Waals surface area contributed by atoms with Crippen LogP contribution in [-0.2, 0) is 11.2 Å². The van der Waals surface area contributed by atoms with Crippen molar-refractivity contribution in [3.8, 4) is 5.75 Å². The summed E-state index contributed by atoms with van der Waals surface area (Å²) in [5.74, 6) is -0.0295. The first kappa shape index (κ1) is 19.9. The first-order chi connectivity index (χ1) is 13.4. The topological polar surface area (TPSA) is 67.4 Å². The summed E-state index contributed by atoms with van der Waals surface area (Å²) in [5, 5.41) is 2.10. The number of rotatable bonds is 5. The van der Waals surface area contributed by atoms with E-state index in [-0.39, 0.29) is 18.4 Å². The van der Waals surface area contributed by atoms with Gasteiger partial charge in [-0.25, -0.2) is 0 Å². The van der Waals surface area contributed by atoms with Crippen LogP contribution in [0.2, 0.25) is 0 Å². The predicted molar refractivity (Wildman–Crippen MR) is 113 cm³/mol. The van der Waals surface area contributed by atoms with Gasteiger partial charge >= 0.3 is 0 Å². The first-order valence-electron chi connectivity index (χ1n) is 8.96. The number of fused-ring (bicyclic) bond motifs is 1. The fraction of sp³-hybridized carbons (Fsp3) is 0.182. The molecule has 0 aliphatic heterocycles. The smallest absolute Gasteiger partial charge is 0.269 e. The van der Waals surface area contributed by atoms with Gasteiger partial charge < -0.3 is 4.74 Å². The second kappa shape index (κ2) is 8.89. The zero-order valence-corrected chi connectivity index (χ0v) is 17.2. The Kier molecular flexibility index (Phi) is 6.31. The number of hydrazine groups is 1. The summed E-state index contributed by atoms with van der Waals surface area (Å²) in [6.07, 6.45) is 0.205. The van der Waals surface area contributed by atoms with Crippen LogP contribution in [0.1, 0.15) is 29.8 Å². The van der Waals surface area contributed by atoms with Gasteiger partial charge in [-0.1, -0.05) is 42.5 Å². The summed E-state index contributed by atoms with van der Waals surface area (Å²) in [6.45, 7) is 3.86. The molecule has 2 amide bonds. The van der Waals surface area contributed by atoms with Crippen molar-refractivity contribution in [1.29, 1.82) is 0 Å². The van der Waals surface area contributed by atoms with Crippen molar-refractivity contribution in [3.63, 3.8) is 0 Å². The second-order valence-corrected chi connectivity index (χ2v) is 7.48. The van der Waals surface area contributed by atoms with Crippen LogP contribution < -0.4 is 15.6 Å². The van der Waals surface area contributed by atoms with Gasteiger partial charge in [0.1, 0.15) is 5.75 Å². The molecule has 0 spiro atoms. The SMILES string of the molecule is CC(C)Oc1ccc(C(=O)NNC(=O)Cc2cccc3ccccc23)cc1Br. The van der Waals surface area contributed by atoms with E-state index >= 15 is 0 Å². The van der Waals surface area contributed by atoms with Crippen LogP contribution in [0.25, 0.3) is 10.8 Å². The number of hydrogen-bond acceptors (Lipinski definition) is 3. The minimum Gasteiger partial charge on any atom is -0.490 e. The van der Waals surface area contributed by atoms with E-state index in [0.717, 1.165) is 16.3 Å². The van der Waals surface area contributed by atoms with Gasteiger partial charge in [0.2, 0.25) is 5.91 Å². The van der Waals surface area contributed by atoms with Gasteiger partial charge in [-0.15, -0.1) is 0 Å². The van der Waals surface area contributed by atoms with Crippen molar-refractivity contribution in [1.82, 2.24) is 10.9 Å². The fourth-order valence-electron chi connectivity index (χ4n) is 2.85. The van der Waals surface area contributed by atoms with Crippen LogP contribution in [0.3, 0.4) is 0 Å². The van der Waals surface area contributed by atoms with E-state index in [9.17, 15) is 9.59 Å². The van der Waals surface area contributed by atoms with E-state index < -0.39 is 5.91 Å². The Morgan fingerprint density at radius 1 is 1.00 bits per heavy atom. The molecule has 0 saturated heterocycles. The van der Waals surface area contributed by atoms with Crippen molar-refractivity contribution in [2.45, 2.75) is 26.4 Å². The molecule has 3 rings (SSSR count). The third-order valence-corrected chi connectivity index (χ3v) is 4.72. The highest BCUT2D eigenvalue weighted by atomic mass is 79.9. The Labute approximate surface area is 172 Å². The molecule has 2 N–H and O–H groups in total. The van der Waals surface area contributed by atoms with E-state index in [2.05, 4.69) is 26.8 Å². The normalized spacial score (nSPS) is 10.7. The van der Waals surface area contributed by atoms with Crippen molar-refractivity contribution >= 4 is 38.5 Å². The summed E-state index contributed by atoms with van der Waals surface area (Å²) in [4.78, 5) is 24.6. The Balaban J connectivity index is 1.61. The Hall–Kier alpha value is -2.86. The lowest BCUT2D eigenvalue weighted by Gasteiger charge is -2.13. The molecule has 0 aromatic heterocycles. The fourth-order valence-corrected chi connectivity index (χ4v) is 3.33. The largest absolute Gasteiger partial charge is 0.490 e. The zero-order valence-electron chi connectivity index (χ0n) is 15.7. The molecule has 0 unspecified atom stereocenters. The molecular weight excluding hydrogens is 420 g/mol. The average molecular weight is 441 g/mol. The van der Waals surface area contributed by atoms with Crippen LogP contribution in [-0.4, -0.2) is 17.9 Å². The highest BCUT2D eigenvalue weighted by Crippen LogP contribution is 2.27. The third-order valence-electron chi connectivity index (χ3n) is 4.10. The van der Waals surface area contributed by atoms with E-state index in [1.54, 1.807) is 18.2 Å². The number of ether oxygens (including phenoxy) is 1. The minimum absolute atomic E-state index is 0.0318. The molecule has 3 aromatic carbocycles. The van der Waals surface area contributed by atoms with E-state index in [1.807, 2.05) is 56.3 Å². The van der Waals surface area contributed by atoms with Gasteiger partial charge in [0.05, 0.1) is 17.0 Å². The van der Waals surface area contributed by atoms with Gasteiger partial charge in [0.15, 0.2) is 0 Å². The molecule has 0 heterocycles. The highest BCUT2D eigenvalue weighted by molar-refractivity contribution is 9.10. The average Bonchev–Trinajstić information content (AvgIpc) is 2.67. The number of benzene rings is 3. The number of halogens is 1. The maximum absolute atomic E-state index is 12.3.